The first-order valence-corrected chi connectivity index (χ1v) is 10.8. The van der Waals surface area contributed by atoms with Crippen molar-refractivity contribution in [2.24, 2.45) is 0 Å². The van der Waals surface area contributed by atoms with E-state index in [0.717, 1.165) is 32.5 Å². The molecule has 1 amide bonds. The van der Waals surface area contributed by atoms with Gasteiger partial charge in [-0.2, -0.15) is 0 Å². The second kappa shape index (κ2) is 10.2. The number of rotatable bonds is 7. The molecule has 4 nitrogen and oxygen atoms in total. The Hall–Kier alpha value is -2.21. The highest BCUT2D eigenvalue weighted by molar-refractivity contribution is 9.10. The first-order valence-electron chi connectivity index (χ1n) is 9.29. The summed E-state index contributed by atoms with van der Waals surface area (Å²) in [4.78, 5) is 12.2. The number of halogens is 3. The molecule has 3 aromatic rings. The van der Waals surface area contributed by atoms with Gasteiger partial charge in [0.2, 0.25) is 0 Å². The Labute approximate surface area is 194 Å². The van der Waals surface area contributed by atoms with Gasteiger partial charge in [-0.25, -0.2) is 0 Å². The molecule has 0 aromatic heterocycles. The highest BCUT2D eigenvalue weighted by Gasteiger charge is 2.09. The van der Waals surface area contributed by atoms with Crippen molar-refractivity contribution in [3.05, 3.63) is 85.8 Å². The van der Waals surface area contributed by atoms with Crippen molar-refractivity contribution < 1.29 is 9.53 Å². The van der Waals surface area contributed by atoms with Gasteiger partial charge in [-0.05, 0) is 77.3 Å². The van der Waals surface area contributed by atoms with Crippen LogP contribution in [0.25, 0.3) is 0 Å². The van der Waals surface area contributed by atoms with E-state index in [-0.39, 0.29) is 12.5 Å². The number of carbonyl (C=O) groups is 1. The molecule has 156 valence electrons. The van der Waals surface area contributed by atoms with Gasteiger partial charge < -0.3 is 15.4 Å². The monoisotopic (exact) mass is 506 g/mol. The molecule has 2 N–H and O–H groups in total. The van der Waals surface area contributed by atoms with E-state index in [1.165, 1.54) is 0 Å². The molecule has 0 heterocycles. The molecular formula is C23H21BrCl2N2O2. The van der Waals surface area contributed by atoms with Crippen LogP contribution < -0.4 is 15.4 Å². The van der Waals surface area contributed by atoms with Crippen LogP contribution in [-0.4, -0.2) is 12.5 Å². The number of amides is 1. The number of carbonyl (C=O) groups excluding carboxylic acids is 1. The first kappa shape index (κ1) is 22.5. The third kappa shape index (κ3) is 6.14. The predicted molar refractivity (Wildman–Crippen MR) is 128 cm³/mol. The highest BCUT2D eigenvalue weighted by atomic mass is 79.9. The molecule has 0 spiro atoms. The van der Waals surface area contributed by atoms with E-state index in [0.29, 0.717) is 22.3 Å². The van der Waals surface area contributed by atoms with E-state index >= 15 is 0 Å². The minimum atomic E-state index is -0.209. The molecule has 0 unspecified atom stereocenters. The van der Waals surface area contributed by atoms with E-state index in [9.17, 15) is 4.79 Å². The van der Waals surface area contributed by atoms with Gasteiger partial charge >= 0.3 is 0 Å². The van der Waals surface area contributed by atoms with Crippen molar-refractivity contribution in [1.29, 1.82) is 0 Å². The summed E-state index contributed by atoms with van der Waals surface area (Å²) in [5.74, 6) is 0.392. The number of nitrogens with one attached hydrogen (secondary N) is 2. The fourth-order valence-electron chi connectivity index (χ4n) is 2.87. The lowest BCUT2D eigenvalue weighted by molar-refractivity contribution is -0.118. The molecule has 7 heteroatoms. The molecule has 3 aromatic carbocycles. The van der Waals surface area contributed by atoms with Crippen LogP contribution in [0.5, 0.6) is 5.75 Å². The second-order valence-corrected chi connectivity index (χ2v) is 8.57. The Morgan fingerprint density at radius 3 is 2.50 bits per heavy atom. The molecule has 0 aliphatic heterocycles. The van der Waals surface area contributed by atoms with Crippen molar-refractivity contribution in [2.45, 2.75) is 20.4 Å². The molecule has 0 saturated carbocycles. The van der Waals surface area contributed by atoms with Crippen LogP contribution in [0.3, 0.4) is 0 Å². The minimum absolute atomic E-state index is 0.0766. The fraction of sp³-hybridized carbons (Fsp3) is 0.174. The molecular weight excluding hydrogens is 487 g/mol. The zero-order valence-electron chi connectivity index (χ0n) is 16.6. The van der Waals surface area contributed by atoms with Crippen LogP contribution in [0.2, 0.25) is 10.0 Å². The number of ether oxygens (including phenoxy) is 1. The van der Waals surface area contributed by atoms with Crippen LogP contribution in [0, 0.1) is 13.8 Å². The Kier molecular flexibility index (Phi) is 7.64. The standard InChI is InChI=1S/C23H21BrCl2N2O2/c1-14-3-7-21(15(2)9-14)28-23(29)13-30-22-8-4-16(10-18(22)24)12-27-17-5-6-19(25)20(26)11-17/h3-11,27H,12-13H2,1-2H3,(H,28,29). The summed E-state index contributed by atoms with van der Waals surface area (Å²) in [6, 6.07) is 17.0. The third-order valence-electron chi connectivity index (χ3n) is 4.43. The molecule has 30 heavy (non-hydrogen) atoms. The van der Waals surface area contributed by atoms with Crippen molar-refractivity contribution >= 4 is 56.4 Å². The van der Waals surface area contributed by atoms with E-state index in [1.807, 2.05) is 56.3 Å². The van der Waals surface area contributed by atoms with Gasteiger partial charge in [-0.15, -0.1) is 0 Å². The van der Waals surface area contributed by atoms with E-state index in [2.05, 4.69) is 26.6 Å². The van der Waals surface area contributed by atoms with Crippen molar-refractivity contribution in [3.8, 4) is 5.75 Å². The Morgan fingerprint density at radius 1 is 1.00 bits per heavy atom. The number of anilines is 2. The summed E-state index contributed by atoms with van der Waals surface area (Å²) >= 11 is 15.5. The number of benzene rings is 3. The summed E-state index contributed by atoms with van der Waals surface area (Å²) in [5, 5.41) is 7.20. The van der Waals surface area contributed by atoms with Gasteiger partial charge in [0, 0.05) is 17.9 Å². The number of aryl methyl sites for hydroxylation is 2. The maximum Gasteiger partial charge on any atom is 0.262 e. The van der Waals surface area contributed by atoms with E-state index < -0.39 is 0 Å². The second-order valence-electron chi connectivity index (χ2n) is 6.90. The van der Waals surface area contributed by atoms with E-state index in [1.54, 1.807) is 12.1 Å². The van der Waals surface area contributed by atoms with Crippen LogP contribution in [0.15, 0.2) is 59.1 Å². The lowest BCUT2D eigenvalue weighted by Gasteiger charge is -2.12. The highest BCUT2D eigenvalue weighted by Crippen LogP contribution is 2.28. The maximum absolute atomic E-state index is 12.2. The van der Waals surface area contributed by atoms with E-state index in [4.69, 9.17) is 27.9 Å². The Balaban J connectivity index is 1.54. The fourth-order valence-corrected chi connectivity index (χ4v) is 3.70. The van der Waals surface area contributed by atoms with Crippen molar-refractivity contribution in [3.63, 3.8) is 0 Å². The molecule has 0 bridgehead atoms. The Bertz CT molecular complexity index is 1070. The molecule has 0 aliphatic carbocycles. The van der Waals surface area contributed by atoms with Gasteiger partial charge in [-0.3, -0.25) is 4.79 Å². The summed E-state index contributed by atoms with van der Waals surface area (Å²) in [6.45, 7) is 4.50. The minimum Gasteiger partial charge on any atom is -0.483 e. The summed E-state index contributed by atoms with van der Waals surface area (Å²) in [5.41, 5.74) is 4.88. The zero-order valence-corrected chi connectivity index (χ0v) is 19.7. The Morgan fingerprint density at radius 2 is 1.80 bits per heavy atom. The normalized spacial score (nSPS) is 10.6. The molecule has 0 fully saturated rings. The van der Waals surface area contributed by atoms with Gasteiger partial charge in [0.05, 0.1) is 14.5 Å². The first-order chi connectivity index (χ1) is 14.3. The lowest BCUT2D eigenvalue weighted by atomic mass is 10.1. The van der Waals surface area contributed by atoms with Crippen molar-refractivity contribution in [1.82, 2.24) is 0 Å². The summed E-state index contributed by atoms with van der Waals surface area (Å²) in [6.07, 6.45) is 0. The molecule has 0 atom stereocenters. The average Bonchev–Trinajstić information content (AvgIpc) is 2.70. The van der Waals surface area contributed by atoms with Gasteiger partial charge in [0.15, 0.2) is 6.61 Å². The molecule has 3 rings (SSSR count). The van der Waals surface area contributed by atoms with Gasteiger partial charge in [-0.1, -0.05) is 47.0 Å². The van der Waals surface area contributed by atoms with Crippen LogP contribution >= 0.6 is 39.1 Å². The lowest BCUT2D eigenvalue weighted by Crippen LogP contribution is -2.20. The average molecular weight is 508 g/mol. The predicted octanol–water partition coefficient (Wildman–Crippen LogP) is 7.00. The number of hydrogen-bond acceptors (Lipinski definition) is 3. The van der Waals surface area contributed by atoms with Gasteiger partial charge in [0.1, 0.15) is 5.75 Å². The maximum atomic E-state index is 12.2. The molecule has 0 saturated heterocycles. The summed E-state index contributed by atoms with van der Waals surface area (Å²) < 4.78 is 6.44. The quantitative estimate of drug-likeness (QED) is 0.362. The molecule has 0 radical (unpaired) electrons. The number of hydrogen-bond donors (Lipinski definition) is 2. The van der Waals surface area contributed by atoms with Gasteiger partial charge in [0.25, 0.3) is 5.91 Å². The topological polar surface area (TPSA) is 50.4 Å². The van der Waals surface area contributed by atoms with Crippen LogP contribution in [-0.2, 0) is 11.3 Å². The third-order valence-corrected chi connectivity index (χ3v) is 5.79. The largest absolute Gasteiger partial charge is 0.483 e. The zero-order chi connectivity index (χ0) is 21.7. The molecule has 0 aliphatic rings. The smallest absolute Gasteiger partial charge is 0.262 e. The van der Waals surface area contributed by atoms with Crippen LogP contribution in [0.1, 0.15) is 16.7 Å². The van der Waals surface area contributed by atoms with Crippen molar-refractivity contribution in [2.75, 3.05) is 17.2 Å². The van der Waals surface area contributed by atoms with Crippen LogP contribution in [0.4, 0.5) is 11.4 Å². The summed E-state index contributed by atoms with van der Waals surface area (Å²) in [7, 11) is 0. The SMILES string of the molecule is Cc1ccc(NC(=O)COc2ccc(CNc3ccc(Cl)c(Cl)c3)cc2Br)c(C)c1.